The van der Waals surface area contributed by atoms with E-state index in [0.717, 1.165) is 36.2 Å². The molecule has 1 aliphatic heterocycles. The lowest BCUT2D eigenvalue weighted by atomic mass is 9.97. The van der Waals surface area contributed by atoms with E-state index in [9.17, 15) is 13.2 Å². The van der Waals surface area contributed by atoms with Crippen molar-refractivity contribution in [3.05, 3.63) is 48.0 Å². The van der Waals surface area contributed by atoms with Crippen molar-refractivity contribution >= 4 is 18.1 Å². The molecular weight excluding hydrogens is 315 g/mol. The second-order valence-corrected chi connectivity index (χ2v) is 4.97. The van der Waals surface area contributed by atoms with Crippen LogP contribution in [0.25, 0.3) is 11.1 Å². The van der Waals surface area contributed by atoms with Gasteiger partial charge < -0.3 is 10.1 Å². The minimum Gasteiger partial charge on any atom is -0.406 e. The fourth-order valence-electron chi connectivity index (χ4n) is 2.50. The maximum atomic E-state index is 12.1. The van der Waals surface area contributed by atoms with Crippen molar-refractivity contribution in [1.82, 2.24) is 0 Å². The maximum Gasteiger partial charge on any atom is 0.573 e. The van der Waals surface area contributed by atoms with Crippen molar-refractivity contribution in [2.24, 2.45) is 0 Å². The smallest absolute Gasteiger partial charge is 0.406 e. The van der Waals surface area contributed by atoms with Gasteiger partial charge >= 0.3 is 6.36 Å². The first-order valence-corrected chi connectivity index (χ1v) is 6.74. The molecule has 0 bridgehead atoms. The van der Waals surface area contributed by atoms with Crippen LogP contribution in [0.5, 0.6) is 5.75 Å². The first kappa shape index (κ1) is 16.5. The third kappa shape index (κ3) is 3.85. The summed E-state index contributed by atoms with van der Waals surface area (Å²) in [6.45, 7) is 0.982. The molecule has 2 nitrogen and oxygen atoms in total. The molecule has 6 heteroatoms. The van der Waals surface area contributed by atoms with Gasteiger partial charge in [0.1, 0.15) is 5.75 Å². The maximum absolute atomic E-state index is 12.1. The topological polar surface area (TPSA) is 21.3 Å². The second kappa shape index (κ2) is 6.48. The average Bonchev–Trinajstić information content (AvgIpc) is 2.46. The van der Waals surface area contributed by atoms with Gasteiger partial charge in [-0.2, -0.15) is 0 Å². The van der Waals surface area contributed by atoms with Crippen molar-refractivity contribution in [3.8, 4) is 16.9 Å². The molecule has 3 rings (SSSR count). The summed E-state index contributed by atoms with van der Waals surface area (Å²) in [5, 5.41) is 3.33. The highest BCUT2D eigenvalue weighted by Crippen LogP contribution is 2.30. The number of aryl methyl sites for hydroxylation is 1. The van der Waals surface area contributed by atoms with Gasteiger partial charge in [0.2, 0.25) is 0 Å². The Labute approximate surface area is 132 Å². The normalized spacial score (nSPS) is 13.6. The molecule has 118 valence electrons. The van der Waals surface area contributed by atoms with Crippen molar-refractivity contribution in [3.63, 3.8) is 0 Å². The standard InChI is InChI=1S/C16H14F3NO.ClH/c17-16(18,19)21-14-6-3-11(4-7-14)12-5-8-15-13(10-12)2-1-9-20-15;/h3-8,10,20H,1-2,9H2;1H. The van der Waals surface area contributed by atoms with E-state index in [-0.39, 0.29) is 18.2 Å². The van der Waals surface area contributed by atoms with Crippen LogP contribution in [0.3, 0.4) is 0 Å². The molecule has 0 atom stereocenters. The largest absolute Gasteiger partial charge is 0.573 e. The molecule has 0 aromatic heterocycles. The number of fused-ring (bicyclic) bond motifs is 1. The molecule has 1 aliphatic rings. The van der Waals surface area contributed by atoms with Gasteiger partial charge in [-0.15, -0.1) is 25.6 Å². The van der Waals surface area contributed by atoms with Crippen molar-refractivity contribution in [1.29, 1.82) is 0 Å². The van der Waals surface area contributed by atoms with E-state index >= 15 is 0 Å². The van der Waals surface area contributed by atoms with Crippen LogP contribution in [0, 0.1) is 0 Å². The molecule has 0 amide bonds. The first-order chi connectivity index (χ1) is 10.0. The predicted molar refractivity (Wildman–Crippen MR) is 82.6 cm³/mol. The number of nitrogens with one attached hydrogen (secondary N) is 1. The highest BCUT2D eigenvalue weighted by Gasteiger charge is 2.30. The zero-order valence-electron chi connectivity index (χ0n) is 11.6. The van der Waals surface area contributed by atoms with E-state index in [0.29, 0.717) is 0 Å². The zero-order valence-corrected chi connectivity index (χ0v) is 12.4. The monoisotopic (exact) mass is 329 g/mol. The van der Waals surface area contributed by atoms with Gasteiger partial charge in [-0.25, -0.2) is 0 Å². The third-order valence-corrected chi connectivity index (χ3v) is 3.46. The zero-order chi connectivity index (χ0) is 14.9. The molecule has 0 spiro atoms. The van der Waals surface area contributed by atoms with Crippen LogP contribution in [-0.2, 0) is 6.42 Å². The second-order valence-electron chi connectivity index (χ2n) is 4.97. The Balaban J connectivity index is 0.00000176. The van der Waals surface area contributed by atoms with Crippen molar-refractivity contribution < 1.29 is 17.9 Å². The van der Waals surface area contributed by atoms with Crippen LogP contribution in [0.15, 0.2) is 42.5 Å². The number of ether oxygens (including phenoxy) is 1. The molecule has 0 saturated carbocycles. The van der Waals surface area contributed by atoms with Gasteiger partial charge in [0.15, 0.2) is 0 Å². The summed E-state index contributed by atoms with van der Waals surface area (Å²) in [5.41, 5.74) is 4.25. The van der Waals surface area contributed by atoms with E-state index in [1.54, 1.807) is 12.1 Å². The minimum atomic E-state index is -4.65. The summed E-state index contributed by atoms with van der Waals surface area (Å²) in [4.78, 5) is 0. The van der Waals surface area contributed by atoms with Crippen molar-refractivity contribution in [2.75, 3.05) is 11.9 Å². The Bertz CT molecular complexity index is 641. The van der Waals surface area contributed by atoms with Crippen LogP contribution in [0.4, 0.5) is 18.9 Å². The molecule has 0 unspecified atom stereocenters. The Morgan fingerprint density at radius 1 is 0.955 bits per heavy atom. The highest BCUT2D eigenvalue weighted by molar-refractivity contribution is 5.85. The number of alkyl halides is 3. The van der Waals surface area contributed by atoms with Gasteiger partial charge in [0.05, 0.1) is 0 Å². The molecule has 22 heavy (non-hydrogen) atoms. The van der Waals surface area contributed by atoms with E-state index < -0.39 is 6.36 Å². The van der Waals surface area contributed by atoms with Crippen LogP contribution >= 0.6 is 12.4 Å². The van der Waals surface area contributed by atoms with Gasteiger partial charge in [-0.1, -0.05) is 18.2 Å². The molecule has 0 aliphatic carbocycles. The summed E-state index contributed by atoms with van der Waals surface area (Å²) in [7, 11) is 0. The van der Waals surface area contributed by atoms with E-state index in [2.05, 4.69) is 16.1 Å². The number of hydrogen-bond acceptors (Lipinski definition) is 2. The summed E-state index contributed by atoms with van der Waals surface area (Å²) in [6.07, 6.45) is -2.54. The van der Waals surface area contributed by atoms with E-state index in [1.807, 2.05) is 12.1 Å². The SMILES string of the molecule is Cl.FC(F)(F)Oc1ccc(-c2ccc3c(c2)CCCN3)cc1. The summed E-state index contributed by atoms with van der Waals surface area (Å²) < 4.78 is 40.2. The summed E-state index contributed by atoms with van der Waals surface area (Å²) in [6, 6.07) is 12.0. The predicted octanol–water partition coefficient (Wildman–Crippen LogP) is 5.03. The van der Waals surface area contributed by atoms with Crippen LogP contribution < -0.4 is 10.1 Å². The lowest BCUT2D eigenvalue weighted by Crippen LogP contribution is -2.16. The van der Waals surface area contributed by atoms with Crippen molar-refractivity contribution in [2.45, 2.75) is 19.2 Å². The lowest BCUT2D eigenvalue weighted by molar-refractivity contribution is -0.274. The average molecular weight is 330 g/mol. The number of hydrogen-bond donors (Lipinski definition) is 1. The minimum absolute atomic E-state index is 0. The van der Waals surface area contributed by atoms with Crippen LogP contribution in [0.1, 0.15) is 12.0 Å². The van der Waals surface area contributed by atoms with Crippen LogP contribution in [0.2, 0.25) is 0 Å². The van der Waals surface area contributed by atoms with Gasteiger partial charge in [0.25, 0.3) is 0 Å². The lowest BCUT2D eigenvalue weighted by Gasteiger charge is -2.18. The Morgan fingerprint density at radius 3 is 2.32 bits per heavy atom. The molecule has 0 fully saturated rings. The number of anilines is 1. The molecule has 2 aromatic carbocycles. The van der Waals surface area contributed by atoms with E-state index in [4.69, 9.17) is 0 Å². The molecule has 0 saturated heterocycles. The van der Waals surface area contributed by atoms with Crippen LogP contribution in [-0.4, -0.2) is 12.9 Å². The fourth-order valence-corrected chi connectivity index (χ4v) is 2.50. The van der Waals surface area contributed by atoms with Gasteiger partial charge in [0, 0.05) is 12.2 Å². The highest BCUT2D eigenvalue weighted by atomic mass is 35.5. The van der Waals surface area contributed by atoms with Gasteiger partial charge in [-0.05, 0) is 53.8 Å². The molecule has 0 radical (unpaired) electrons. The number of halogens is 4. The third-order valence-electron chi connectivity index (χ3n) is 3.46. The van der Waals surface area contributed by atoms with E-state index in [1.165, 1.54) is 17.7 Å². The fraction of sp³-hybridized carbons (Fsp3) is 0.250. The van der Waals surface area contributed by atoms with Gasteiger partial charge in [-0.3, -0.25) is 0 Å². The number of rotatable bonds is 2. The molecular formula is C16H15ClF3NO. The molecule has 1 heterocycles. The Hall–Kier alpha value is -1.88. The quantitative estimate of drug-likeness (QED) is 0.834. The number of benzene rings is 2. The Morgan fingerprint density at radius 2 is 1.64 bits per heavy atom. The summed E-state index contributed by atoms with van der Waals surface area (Å²) in [5.74, 6) is -0.203. The summed E-state index contributed by atoms with van der Waals surface area (Å²) >= 11 is 0. The molecule has 1 N–H and O–H groups in total. The Kier molecular flexibility index (Phi) is 4.86. The molecule has 2 aromatic rings. The first-order valence-electron chi connectivity index (χ1n) is 6.74.